The van der Waals surface area contributed by atoms with Crippen LogP contribution in [0, 0.1) is 5.92 Å². The van der Waals surface area contributed by atoms with Gasteiger partial charge in [-0.3, -0.25) is 4.90 Å². The Hall–Kier alpha value is -0.290. The van der Waals surface area contributed by atoms with E-state index in [1.54, 1.807) is 4.90 Å². The Morgan fingerprint density at radius 3 is 2.28 bits per heavy atom. The molecule has 18 heavy (non-hydrogen) atoms. The predicted octanol–water partition coefficient (Wildman–Crippen LogP) is 2.95. The number of aliphatic hydroxyl groups excluding tert-OH is 1. The van der Waals surface area contributed by atoms with Gasteiger partial charge in [-0.2, -0.15) is 13.2 Å². The van der Waals surface area contributed by atoms with Crippen molar-refractivity contribution in [3.63, 3.8) is 0 Å². The minimum Gasteiger partial charge on any atom is -0.393 e. The van der Waals surface area contributed by atoms with Crippen LogP contribution in [0.25, 0.3) is 0 Å². The number of alkyl halides is 3. The minimum atomic E-state index is -4.13. The molecule has 0 aromatic heterocycles. The molecule has 0 aromatic rings. The Morgan fingerprint density at radius 1 is 1.00 bits per heavy atom. The number of hydrogen-bond donors (Lipinski definition) is 1. The molecular formula is C13H22F3NO. The Kier molecular flexibility index (Phi) is 4.54. The molecule has 1 N–H and O–H groups in total. The summed E-state index contributed by atoms with van der Waals surface area (Å²) in [5, 5.41) is 9.99. The van der Waals surface area contributed by atoms with Crippen LogP contribution in [0.5, 0.6) is 0 Å². The van der Waals surface area contributed by atoms with Gasteiger partial charge in [0.15, 0.2) is 0 Å². The van der Waals surface area contributed by atoms with E-state index in [0.29, 0.717) is 6.54 Å². The minimum absolute atomic E-state index is 0.0236. The van der Waals surface area contributed by atoms with Gasteiger partial charge in [0.25, 0.3) is 0 Å². The highest BCUT2D eigenvalue weighted by molar-refractivity contribution is 4.88. The molecule has 0 bridgehead atoms. The molecule has 2 saturated carbocycles. The smallest absolute Gasteiger partial charge is 0.393 e. The van der Waals surface area contributed by atoms with E-state index < -0.39 is 18.8 Å². The summed E-state index contributed by atoms with van der Waals surface area (Å²) < 4.78 is 37.6. The summed E-state index contributed by atoms with van der Waals surface area (Å²) in [6.07, 6.45) is 1.94. The second-order valence-electron chi connectivity index (χ2n) is 5.74. The lowest BCUT2D eigenvalue weighted by atomic mass is 9.96. The fourth-order valence-corrected chi connectivity index (χ4v) is 2.89. The summed E-state index contributed by atoms with van der Waals surface area (Å²) in [4.78, 5) is 1.54. The Morgan fingerprint density at radius 2 is 1.67 bits per heavy atom. The fraction of sp³-hybridized carbons (Fsp3) is 1.00. The zero-order valence-electron chi connectivity index (χ0n) is 10.6. The predicted molar refractivity (Wildman–Crippen MR) is 63.2 cm³/mol. The van der Waals surface area contributed by atoms with Crippen molar-refractivity contribution < 1.29 is 18.3 Å². The van der Waals surface area contributed by atoms with E-state index in [1.165, 1.54) is 0 Å². The monoisotopic (exact) mass is 265 g/mol. The van der Waals surface area contributed by atoms with Crippen LogP contribution in [-0.2, 0) is 0 Å². The summed E-state index contributed by atoms with van der Waals surface area (Å²) in [5.74, 6) is 0.0236. The van der Waals surface area contributed by atoms with Gasteiger partial charge in [0, 0.05) is 12.6 Å². The van der Waals surface area contributed by atoms with E-state index in [0.717, 1.165) is 44.9 Å². The van der Waals surface area contributed by atoms with E-state index in [2.05, 4.69) is 0 Å². The fourth-order valence-electron chi connectivity index (χ4n) is 2.89. The lowest BCUT2D eigenvalue weighted by Gasteiger charge is -2.30. The molecule has 0 heterocycles. The van der Waals surface area contributed by atoms with E-state index in [1.807, 2.05) is 0 Å². The molecule has 0 aromatic carbocycles. The average molecular weight is 265 g/mol. The normalized spacial score (nSPS) is 30.5. The van der Waals surface area contributed by atoms with Crippen molar-refractivity contribution in [1.82, 2.24) is 4.90 Å². The molecule has 2 atom stereocenters. The first kappa shape index (κ1) is 14.1. The molecule has 2 nitrogen and oxygen atoms in total. The lowest BCUT2D eigenvalue weighted by molar-refractivity contribution is -0.149. The van der Waals surface area contributed by atoms with Crippen molar-refractivity contribution in [3.05, 3.63) is 0 Å². The first-order valence-electron chi connectivity index (χ1n) is 6.94. The zero-order valence-corrected chi connectivity index (χ0v) is 10.6. The van der Waals surface area contributed by atoms with Crippen LogP contribution in [0.15, 0.2) is 0 Å². The van der Waals surface area contributed by atoms with E-state index in [-0.39, 0.29) is 12.0 Å². The van der Waals surface area contributed by atoms with Gasteiger partial charge >= 0.3 is 6.18 Å². The standard InChI is InChI=1S/C13H22F3NO/c14-13(15,16)9-17(11-6-7-11)8-10-4-2-1-3-5-12(10)18/h10-12,18H,1-9H2. The second-order valence-corrected chi connectivity index (χ2v) is 5.74. The highest BCUT2D eigenvalue weighted by atomic mass is 19.4. The summed E-state index contributed by atoms with van der Waals surface area (Å²) >= 11 is 0. The topological polar surface area (TPSA) is 23.5 Å². The lowest BCUT2D eigenvalue weighted by Crippen LogP contribution is -2.41. The maximum Gasteiger partial charge on any atom is 0.401 e. The van der Waals surface area contributed by atoms with Crippen LogP contribution >= 0.6 is 0 Å². The molecule has 0 radical (unpaired) electrons. The number of rotatable bonds is 4. The van der Waals surface area contributed by atoms with Gasteiger partial charge in [-0.1, -0.05) is 19.3 Å². The second kappa shape index (κ2) is 5.78. The van der Waals surface area contributed by atoms with Crippen molar-refractivity contribution in [1.29, 1.82) is 0 Å². The average Bonchev–Trinajstić information content (AvgIpc) is 3.05. The van der Waals surface area contributed by atoms with Crippen LogP contribution in [0.3, 0.4) is 0 Å². The molecule has 0 spiro atoms. The summed E-state index contributed by atoms with van der Waals surface area (Å²) in [5.41, 5.74) is 0. The van der Waals surface area contributed by atoms with E-state index >= 15 is 0 Å². The third-order valence-electron chi connectivity index (χ3n) is 4.03. The van der Waals surface area contributed by atoms with Gasteiger partial charge in [0.05, 0.1) is 12.6 Å². The van der Waals surface area contributed by atoms with Gasteiger partial charge in [0.2, 0.25) is 0 Å². The number of hydrogen-bond acceptors (Lipinski definition) is 2. The number of halogens is 3. The van der Waals surface area contributed by atoms with Crippen LogP contribution in [0.1, 0.15) is 44.9 Å². The van der Waals surface area contributed by atoms with Gasteiger partial charge < -0.3 is 5.11 Å². The van der Waals surface area contributed by atoms with Gasteiger partial charge in [-0.05, 0) is 31.6 Å². The van der Waals surface area contributed by atoms with Crippen molar-refractivity contribution in [2.45, 2.75) is 63.3 Å². The quantitative estimate of drug-likeness (QED) is 0.790. The number of nitrogens with zero attached hydrogens (tertiary/aromatic N) is 1. The van der Waals surface area contributed by atoms with Gasteiger partial charge in [-0.15, -0.1) is 0 Å². The zero-order chi connectivity index (χ0) is 13.2. The van der Waals surface area contributed by atoms with Crippen molar-refractivity contribution in [2.75, 3.05) is 13.1 Å². The van der Waals surface area contributed by atoms with Crippen LogP contribution in [-0.4, -0.2) is 41.4 Å². The molecule has 106 valence electrons. The van der Waals surface area contributed by atoms with Crippen molar-refractivity contribution >= 4 is 0 Å². The Bertz CT molecular complexity index is 265. The van der Waals surface area contributed by atoms with Crippen molar-refractivity contribution in [2.24, 2.45) is 5.92 Å². The molecule has 2 aliphatic carbocycles. The molecule has 2 rings (SSSR count). The molecule has 0 saturated heterocycles. The van der Waals surface area contributed by atoms with Gasteiger partial charge in [0.1, 0.15) is 0 Å². The molecule has 5 heteroatoms. The highest BCUT2D eigenvalue weighted by Crippen LogP contribution is 2.33. The Balaban J connectivity index is 1.90. The molecule has 2 fully saturated rings. The molecule has 0 amide bonds. The van der Waals surface area contributed by atoms with Crippen molar-refractivity contribution in [3.8, 4) is 0 Å². The van der Waals surface area contributed by atoms with Crippen LogP contribution in [0.4, 0.5) is 13.2 Å². The van der Waals surface area contributed by atoms with E-state index in [4.69, 9.17) is 0 Å². The Labute approximate surface area is 106 Å². The van der Waals surface area contributed by atoms with Crippen LogP contribution < -0.4 is 0 Å². The number of aliphatic hydroxyl groups is 1. The molecule has 0 aliphatic heterocycles. The molecule has 2 unspecified atom stereocenters. The maximum absolute atomic E-state index is 12.5. The molecule has 2 aliphatic rings. The summed E-state index contributed by atoms with van der Waals surface area (Å²) in [6, 6.07) is 0.0991. The maximum atomic E-state index is 12.5. The third-order valence-corrected chi connectivity index (χ3v) is 4.03. The van der Waals surface area contributed by atoms with E-state index in [9.17, 15) is 18.3 Å². The third kappa shape index (κ3) is 4.43. The summed E-state index contributed by atoms with van der Waals surface area (Å²) in [7, 11) is 0. The van der Waals surface area contributed by atoms with Gasteiger partial charge in [-0.25, -0.2) is 0 Å². The first-order chi connectivity index (χ1) is 8.46. The molecular weight excluding hydrogens is 243 g/mol. The first-order valence-corrected chi connectivity index (χ1v) is 6.94. The highest BCUT2D eigenvalue weighted by Gasteiger charge is 2.39. The SMILES string of the molecule is OC1CCCCCC1CN(CC(F)(F)F)C1CC1. The summed E-state index contributed by atoms with van der Waals surface area (Å²) in [6.45, 7) is -0.410. The van der Waals surface area contributed by atoms with Crippen LogP contribution in [0.2, 0.25) is 0 Å². The largest absolute Gasteiger partial charge is 0.401 e.